The van der Waals surface area contributed by atoms with Crippen LogP contribution in [0.4, 0.5) is 0 Å². The van der Waals surface area contributed by atoms with Crippen molar-refractivity contribution in [2.75, 3.05) is 0 Å². The third kappa shape index (κ3) is 2.27. The summed E-state index contributed by atoms with van der Waals surface area (Å²) in [6, 6.07) is 7.37. The van der Waals surface area contributed by atoms with Gasteiger partial charge in [-0.3, -0.25) is 4.79 Å². The maximum absolute atomic E-state index is 10.8. The van der Waals surface area contributed by atoms with E-state index < -0.39 is 12.0 Å². The van der Waals surface area contributed by atoms with Crippen LogP contribution in [-0.4, -0.2) is 16.1 Å². The normalized spacial score (nSPS) is 16.3. The molecule has 2 aromatic rings. The molecular weight excluding hydrogens is 260 g/mol. The van der Waals surface area contributed by atoms with Gasteiger partial charge in [0.1, 0.15) is 6.04 Å². The van der Waals surface area contributed by atoms with Crippen molar-refractivity contribution in [3.05, 3.63) is 51.5 Å². The molecule has 0 fully saturated rings. The zero-order chi connectivity index (χ0) is 13.4. The lowest BCUT2D eigenvalue weighted by atomic mass is 10.1. The van der Waals surface area contributed by atoms with E-state index in [1.54, 1.807) is 5.38 Å². The summed E-state index contributed by atoms with van der Waals surface area (Å²) in [5, 5.41) is 11.6. The molecular formula is C14H14N2O2S. The Balaban J connectivity index is 1.81. The van der Waals surface area contributed by atoms with Crippen LogP contribution in [0.15, 0.2) is 29.6 Å². The van der Waals surface area contributed by atoms with E-state index in [4.69, 9.17) is 10.8 Å². The molecule has 98 valence electrons. The zero-order valence-electron chi connectivity index (χ0n) is 10.2. The van der Waals surface area contributed by atoms with Gasteiger partial charge in [0.15, 0.2) is 0 Å². The van der Waals surface area contributed by atoms with E-state index in [0.29, 0.717) is 11.6 Å². The maximum Gasteiger partial charge on any atom is 0.326 e. The summed E-state index contributed by atoms with van der Waals surface area (Å²) in [5.41, 5.74) is 8.77. The molecule has 4 nitrogen and oxygen atoms in total. The second-order valence-electron chi connectivity index (χ2n) is 4.80. The second kappa shape index (κ2) is 4.75. The Labute approximate surface area is 114 Å². The minimum atomic E-state index is -1.04. The number of hydrogen-bond acceptors (Lipinski definition) is 4. The second-order valence-corrected chi connectivity index (χ2v) is 5.69. The Hall–Kier alpha value is -1.72. The van der Waals surface area contributed by atoms with Crippen LogP contribution >= 0.6 is 11.3 Å². The Morgan fingerprint density at radius 2 is 2.00 bits per heavy atom. The van der Waals surface area contributed by atoms with Gasteiger partial charge in [-0.2, -0.15) is 0 Å². The van der Waals surface area contributed by atoms with Gasteiger partial charge in [0.2, 0.25) is 0 Å². The van der Waals surface area contributed by atoms with E-state index in [-0.39, 0.29) is 0 Å². The molecule has 0 amide bonds. The predicted molar refractivity (Wildman–Crippen MR) is 73.3 cm³/mol. The highest BCUT2D eigenvalue weighted by Gasteiger charge is 2.26. The van der Waals surface area contributed by atoms with Crippen molar-refractivity contribution in [1.82, 2.24) is 4.98 Å². The van der Waals surface area contributed by atoms with Gasteiger partial charge in [-0.25, -0.2) is 4.98 Å². The highest BCUT2D eigenvalue weighted by atomic mass is 32.1. The van der Waals surface area contributed by atoms with Crippen LogP contribution in [0.5, 0.6) is 0 Å². The molecule has 0 bridgehead atoms. The Kier molecular flexibility index (Phi) is 3.08. The number of thiazole rings is 1. The molecule has 1 aromatic carbocycles. The summed E-state index contributed by atoms with van der Waals surface area (Å²) in [7, 11) is 0. The van der Waals surface area contributed by atoms with Gasteiger partial charge in [-0.1, -0.05) is 24.3 Å². The van der Waals surface area contributed by atoms with E-state index >= 15 is 0 Å². The van der Waals surface area contributed by atoms with Crippen molar-refractivity contribution in [3.63, 3.8) is 0 Å². The average molecular weight is 274 g/mol. The lowest BCUT2D eigenvalue weighted by molar-refractivity contribution is -0.138. The van der Waals surface area contributed by atoms with E-state index in [1.165, 1.54) is 22.5 Å². The van der Waals surface area contributed by atoms with Crippen molar-refractivity contribution in [2.45, 2.75) is 24.8 Å². The summed E-state index contributed by atoms with van der Waals surface area (Å²) in [5.74, 6) is -0.677. The molecule has 3 N–H and O–H groups in total. The van der Waals surface area contributed by atoms with Gasteiger partial charge in [0.05, 0.1) is 10.7 Å². The molecule has 5 heteroatoms. The molecule has 1 atom stereocenters. The number of nitrogens with zero attached hydrogens (tertiary/aromatic N) is 1. The van der Waals surface area contributed by atoms with E-state index in [0.717, 1.165) is 17.8 Å². The fourth-order valence-corrected chi connectivity index (χ4v) is 3.45. The smallest absolute Gasteiger partial charge is 0.326 e. The van der Waals surface area contributed by atoms with Gasteiger partial charge < -0.3 is 10.8 Å². The number of hydrogen-bond donors (Lipinski definition) is 2. The maximum atomic E-state index is 10.8. The third-order valence-corrected chi connectivity index (χ3v) is 4.55. The van der Waals surface area contributed by atoms with Crippen LogP contribution in [-0.2, 0) is 17.6 Å². The van der Waals surface area contributed by atoms with Crippen molar-refractivity contribution < 1.29 is 9.90 Å². The van der Waals surface area contributed by atoms with Crippen molar-refractivity contribution in [1.29, 1.82) is 0 Å². The first-order valence-electron chi connectivity index (χ1n) is 6.15. The monoisotopic (exact) mass is 274 g/mol. The number of nitrogens with two attached hydrogens (primary N) is 1. The molecule has 1 unspecified atom stereocenters. The van der Waals surface area contributed by atoms with Gasteiger partial charge in [-0.15, -0.1) is 11.3 Å². The first-order chi connectivity index (χ1) is 9.15. The van der Waals surface area contributed by atoms with Gasteiger partial charge >= 0.3 is 5.97 Å². The molecule has 0 saturated carbocycles. The summed E-state index contributed by atoms with van der Waals surface area (Å²) in [6.45, 7) is 0. The van der Waals surface area contributed by atoms with Crippen LogP contribution in [0.25, 0.3) is 0 Å². The van der Waals surface area contributed by atoms with Crippen molar-refractivity contribution in [2.24, 2.45) is 5.73 Å². The molecule has 3 rings (SSSR count). The number of rotatable bonds is 3. The van der Waals surface area contributed by atoms with Crippen LogP contribution in [0.1, 0.15) is 33.8 Å². The Bertz CT molecular complexity index is 598. The molecule has 1 aromatic heterocycles. The van der Waals surface area contributed by atoms with Crippen molar-refractivity contribution in [3.8, 4) is 0 Å². The van der Waals surface area contributed by atoms with Crippen LogP contribution < -0.4 is 5.73 Å². The molecule has 1 aliphatic carbocycles. The van der Waals surface area contributed by atoms with Crippen molar-refractivity contribution >= 4 is 17.3 Å². The first kappa shape index (κ1) is 12.3. The number of fused-ring (bicyclic) bond motifs is 1. The molecule has 0 saturated heterocycles. The minimum Gasteiger partial charge on any atom is -0.480 e. The topological polar surface area (TPSA) is 76.2 Å². The molecule has 1 aliphatic rings. The molecule has 1 heterocycles. The lowest BCUT2D eigenvalue weighted by Crippen LogP contribution is -2.21. The summed E-state index contributed by atoms with van der Waals surface area (Å²) < 4.78 is 0. The lowest BCUT2D eigenvalue weighted by Gasteiger charge is -2.04. The zero-order valence-corrected chi connectivity index (χ0v) is 11.1. The molecule has 0 radical (unpaired) electrons. The van der Waals surface area contributed by atoms with E-state index in [9.17, 15) is 4.79 Å². The van der Waals surface area contributed by atoms with Gasteiger partial charge in [-0.05, 0) is 24.0 Å². The quantitative estimate of drug-likeness (QED) is 0.898. The SMILES string of the molecule is NC(C(=O)O)c1csc(C2Cc3ccccc3C2)n1. The molecule has 0 aliphatic heterocycles. The van der Waals surface area contributed by atoms with Crippen LogP contribution in [0, 0.1) is 0 Å². The first-order valence-corrected chi connectivity index (χ1v) is 7.03. The number of aliphatic carboxylic acids is 1. The van der Waals surface area contributed by atoms with Crippen LogP contribution in [0.3, 0.4) is 0 Å². The minimum absolute atomic E-state index is 0.358. The van der Waals surface area contributed by atoms with Crippen LogP contribution in [0.2, 0.25) is 0 Å². The summed E-state index contributed by atoms with van der Waals surface area (Å²) in [6.07, 6.45) is 1.96. The van der Waals surface area contributed by atoms with E-state index in [2.05, 4.69) is 29.2 Å². The predicted octanol–water partition coefficient (Wildman–Crippen LogP) is 2.11. The number of carboxylic acid groups (broad SMARTS) is 1. The number of benzene rings is 1. The Morgan fingerprint density at radius 1 is 1.37 bits per heavy atom. The summed E-state index contributed by atoms with van der Waals surface area (Å²) >= 11 is 1.51. The molecule has 0 spiro atoms. The van der Waals surface area contributed by atoms with E-state index in [1.807, 2.05) is 0 Å². The standard InChI is InChI=1S/C14H14N2O2S/c15-12(14(17)18)11-7-19-13(16-11)10-5-8-3-1-2-4-9(8)6-10/h1-4,7,10,12H,5-6,15H2,(H,17,18). The number of carbonyl (C=O) groups is 1. The van der Waals surface area contributed by atoms with Gasteiger partial charge in [0, 0.05) is 11.3 Å². The number of aromatic nitrogens is 1. The number of carboxylic acids is 1. The average Bonchev–Trinajstić information content (AvgIpc) is 3.03. The largest absolute Gasteiger partial charge is 0.480 e. The highest BCUT2D eigenvalue weighted by molar-refractivity contribution is 7.09. The fourth-order valence-electron chi connectivity index (χ4n) is 2.49. The molecule has 19 heavy (non-hydrogen) atoms. The fraction of sp³-hybridized carbons (Fsp3) is 0.286. The third-order valence-electron chi connectivity index (χ3n) is 3.52. The highest BCUT2D eigenvalue weighted by Crippen LogP contribution is 2.35. The Morgan fingerprint density at radius 3 is 2.58 bits per heavy atom. The van der Waals surface area contributed by atoms with Gasteiger partial charge in [0.25, 0.3) is 0 Å². The summed E-state index contributed by atoms with van der Waals surface area (Å²) in [4.78, 5) is 15.3.